The van der Waals surface area contributed by atoms with Crippen molar-refractivity contribution in [2.45, 2.75) is 78.4 Å². The molecular formula is C22H36NO5P. The molecule has 0 heterocycles. The maximum Gasteiger partial charge on any atom is 0.342 e. The van der Waals surface area contributed by atoms with E-state index in [9.17, 15) is 9.36 Å². The van der Waals surface area contributed by atoms with E-state index in [0.29, 0.717) is 11.7 Å². The van der Waals surface area contributed by atoms with Gasteiger partial charge in [0.05, 0.1) is 0 Å². The van der Waals surface area contributed by atoms with Gasteiger partial charge >= 0.3 is 13.5 Å². The molecule has 1 aliphatic rings. The summed E-state index contributed by atoms with van der Waals surface area (Å²) >= 11 is 0. The van der Waals surface area contributed by atoms with Crippen LogP contribution in [0.5, 0.6) is 5.75 Å². The average molecular weight is 426 g/mol. The van der Waals surface area contributed by atoms with Crippen LogP contribution in [0.25, 0.3) is 0 Å². The van der Waals surface area contributed by atoms with Crippen LogP contribution in [0.3, 0.4) is 0 Å². The van der Waals surface area contributed by atoms with E-state index in [-0.39, 0.29) is 24.3 Å². The number of benzene rings is 1. The number of hydrogen-bond donors (Lipinski definition) is 1. The molecule has 1 fully saturated rings. The minimum atomic E-state index is -3.51. The van der Waals surface area contributed by atoms with E-state index in [0.717, 1.165) is 24.0 Å². The predicted molar refractivity (Wildman–Crippen MR) is 116 cm³/mol. The topological polar surface area (TPSA) is 73.9 Å². The lowest BCUT2D eigenvalue weighted by atomic mass is 9.94. The molecule has 7 heteroatoms. The average Bonchev–Trinajstić information content (AvgIpc) is 3.46. The van der Waals surface area contributed by atoms with Gasteiger partial charge in [-0.15, -0.1) is 0 Å². The Balaban J connectivity index is 2.23. The van der Waals surface area contributed by atoms with Crippen LogP contribution in [0.2, 0.25) is 0 Å². The number of nitrogens with one attached hydrogen (secondary N) is 1. The molecule has 0 aromatic heterocycles. The molecule has 6 nitrogen and oxygen atoms in total. The van der Waals surface area contributed by atoms with Gasteiger partial charge in [0, 0.05) is 7.11 Å². The highest BCUT2D eigenvalue weighted by atomic mass is 31.2. The van der Waals surface area contributed by atoms with E-state index >= 15 is 0 Å². The van der Waals surface area contributed by atoms with E-state index in [1.807, 2.05) is 25.1 Å². The Hall–Kier alpha value is -1.36. The number of rotatable bonds is 11. The van der Waals surface area contributed by atoms with Gasteiger partial charge in [0.2, 0.25) is 0 Å². The molecule has 1 N–H and O–H groups in total. The highest BCUT2D eigenvalue weighted by Crippen LogP contribution is 2.48. The Labute approximate surface area is 175 Å². The summed E-state index contributed by atoms with van der Waals surface area (Å²) in [5.41, 5.74) is 1.96. The summed E-state index contributed by atoms with van der Waals surface area (Å²) in [5, 5.41) is 2.87. The van der Waals surface area contributed by atoms with Gasteiger partial charge in [-0.05, 0) is 55.6 Å². The molecule has 0 bridgehead atoms. The molecule has 3 unspecified atom stereocenters. The van der Waals surface area contributed by atoms with Gasteiger partial charge in [0.1, 0.15) is 24.2 Å². The molecule has 164 valence electrons. The van der Waals surface area contributed by atoms with Gasteiger partial charge in [-0.25, -0.2) is 5.09 Å². The van der Waals surface area contributed by atoms with Gasteiger partial charge in [-0.3, -0.25) is 9.36 Å². The summed E-state index contributed by atoms with van der Waals surface area (Å²) in [6.07, 6.45) is 1.91. The Morgan fingerprint density at radius 1 is 1.10 bits per heavy atom. The normalized spacial score (nSPS) is 18.4. The number of esters is 1. The van der Waals surface area contributed by atoms with Crippen molar-refractivity contribution in [3.05, 3.63) is 29.3 Å². The fourth-order valence-corrected chi connectivity index (χ4v) is 5.01. The van der Waals surface area contributed by atoms with Crippen LogP contribution in [0.1, 0.15) is 77.3 Å². The Morgan fingerprint density at radius 3 is 2.10 bits per heavy atom. The maximum absolute atomic E-state index is 13.6. The quantitative estimate of drug-likeness (QED) is 0.376. The summed E-state index contributed by atoms with van der Waals surface area (Å²) in [6, 6.07) is 5.19. The number of methoxy groups -OCH3 is 1. The van der Waals surface area contributed by atoms with Crippen molar-refractivity contribution < 1.29 is 23.4 Å². The summed E-state index contributed by atoms with van der Waals surface area (Å²) in [6.45, 7) is 11.8. The first-order valence-corrected chi connectivity index (χ1v) is 12.3. The lowest BCUT2D eigenvalue weighted by Crippen LogP contribution is -2.37. The van der Waals surface area contributed by atoms with E-state index in [1.54, 1.807) is 6.92 Å². The largest absolute Gasteiger partial charge is 0.461 e. The van der Waals surface area contributed by atoms with Crippen LogP contribution in [-0.2, 0) is 18.8 Å². The van der Waals surface area contributed by atoms with E-state index in [4.69, 9.17) is 14.0 Å². The minimum absolute atomic E-state index is 0.122. The van der Waals surface area contributed by atoms with Crippen molar-refractivity contribution in [3.63, 3.8) is 0 Å². The fourth-order valence-electron chi connectivity index (χ4n) is 3.29. The van der Waals surface area contributed by atoms with E-state index in [1.165, 1.54) is 7.11 Å². The lowest BCUT2D eigenvalue weighted by Gasteiger charge is -2.27. The molecule has 0 amide bonds. The zero-order valence-electron chi connectivity index (χ0n) is 18.7. The highest BCUT2D eigenvalue weighted by molar-refractivity contribution is 7.57. The summed E-state index contributed by atoms with van der Waals surface area (Å²) < 4.78 is 30.4. The molecule has 3 atom stereocenters. The van der Waals surface area contributed by atoms with Gasteiger partial charge in [-0.1, -0.05) is 45.9 Å². The van der Waals surface area contributed by atoms with Crippen molar-refractivity contribution >= 4 is 13.5 Å². The highest BCUT2D eigenvalue weighted by Gasteiger charge is 2.35. The number of para-hydroxylation sites is 1. The molecule has 0 radical (unpaired) electrons. The summed E-state index contributed by atoms with van der Waals surface area (Å²) in [7, 11) is -2.04. The molecule has 0 aliphatic heterocycles. The number of hydrogen-bond acceptors (Lipinski definition) is 5. The predicted octanol–water partition coefficient (Wildman–Crippen LogP) is 5.43. The Bertz CT molecular complexity index is 718. The first-order valence-electron chi connectivity index (χ1n) is 10.5. The second-order valence-corrected chi connectivity index (χ2v) is 10.6. The first kappa shape index (κ1) is 23.9. The third-order valence-corrected chi connectivity index (χ3v) is 7.05. The smallest absolute Gasteiger partial charge is 0.342 e. The Morgan fingerprint density at radius 2 is 1.66 bits per heavy atom. The SMILES string of the molecule is COCP(=O)(NC(C)C(=O)OC(C)C1CC1)Oc1c(C(C)C)cccc1C(C)C. The molecule has 1 aromatic rings. The number of carbonyl (C=O) groups excluding carboxylic acids is 1. The van der Waals surface area contributed by atoms with E-state index in [2.05, 4.69) is 32.8 Å². The summed E-state index contributed by atoms with van der Waals surface area (Å²) in [5.74, 6) is 1.02. The molecule has 1 saturated carbocycles. The standard InChI is InChI=1S/C22H36NO5P/c1-14(2)19-9-8-10-20(15(3)4)21(19)28-29(25,13-26-7)23-16(5)22(24)27-17(6)18-11-12-18/h8-10,14-18H,11-13H2,1-7H3,(H,23,25). The molecule has 2 rings (SSSR count). The van der Waals surface area contributed by atoms with Crippen LogP contribution < -0.4 is 9.61 Å². The second-order valence-electron chi connectivity index (χ2n) is 8.59. The van der Waals surface area contributed by atoms with Crippen molar-refractivity contribution in [2.75, 3.05) is 13.5 Å². The van der Waals surface area contributed by atoms with Crippen LogP contribution >= 0.6 is 7.52 Å². The van der Waals surface area contributed by atoms with Crippen LogP contribution in [0, 0.1) is 5.92 Å². The molecule has 1 aromatic carbocycles. The van der Waals surface area contributed by atoms with Crippen LogP contribution in [-0.4, -0.2) is 31.6 Å². The number of carbonyl (C=O) groups is 1. The first-order chi connectivity index (χ1) is 13.6. The molecule has 1 aliphatic carbocycles. The van der Waals surface area contributed by atoms with Gasteiger partial charge in [0.25, 0.3) is 0 Å². The van der Waals surface area contributed by atoms with Crippen molar-refractivity contribution in [2.24, 2.45) is 5.92 Å². The van der Waals surface area contributed by atoms with Gasteiger partial charge in [0.15, 0.2) is 0 Å². The lowest BCUT2D eigenvalue weighted by molar-refractivity contribution is -0.150. The number of ether oxygens (including phenoxy) is 2. The van der Waals surface area contributed by atoms with Crippen molar-refractivity contribution in [3.8, 4) is 5.75 Å². The molecular weight excluding hydrogens is 389 g/mol. The summed E-state index contributed by atoms with van der Waals surface area (Å²) in [4.78, 5) is 12.5. The molecule has 0 spiro atoms. The van der Waals surface area contributed by atoms with Crippen molar-refractivity contribution in [1.29, 1.82) is 0 Å². The third-order valence-electron chi connectivity index (χ3n) is 5.19. The Kier molecular flexibility index (Phi) is 8.33. The van der Waals surface area contributed by atoms with Gasteiger partial charge in [-0.2, -0.15) is 0 Å². The van der Waals surface area contributed by atoms with Crippen LogP contribution in [0.4, 0.5) is 0 Å². The fraction of sp³-hybridized carbons (Fsp3) is 0.682. The molecule has 0 saturated heterocycles. The zero-order valence-corrected chi connectivity index (χ0v) is 19.6. The van der Waals surface area contributed by atoms with Crippen LogP contribution in [0.15, 0.2) is 18.2 Å². The minimum Gasteiger partial charge on any atom is -0.461 e. The maximum atomic E-state index is 13.6. The zero-order chi connectivity index (χ0) is 21.8. The second kappa shape index (κ2) is 10.1. The molecule has 29 heavy (non-hydrogen) atoms. The monoisotopic (exact) mass is 425 g/mol. The third kappa shape index (κ3) is 6.56. The van der Waals surface area contributed by atoms with Crippen molar-refractivity contribution in [1.82, 2.24) is 5.09 Å². The van der Waals surface area contributed by atoms with E-state index < -0.39 is 19.5 Å². The van der Waals surface area contributed by atoms with Gasteiger partial charge < -0.3 is 14.0 Å².